The molecule has 3 heterocycles. The van der Waals surface area contributed by atoms with Gasteiger partial charge < -0.3 is 14.9 Å². The van der Waals surface area contributed by atoms with Gasteiger partial charge in [0.2, 0.25) is 10.0 Å². The maximum Gasteiger partial charge on any atom is 0.490 e. The van der Waals surface area contributed by atoms with Crippen LogP contribution in [-0.2, 0) is 19.6 Å². The van der Waals surface area contributed by atoms with Crippen molar-refractivity contribution >= 4 is 16.0 Å². The van der Waals surface area contributed by atoms with Gasteiger partial charge in [-0.25, -0.2) is 13.2 Å². The normalized spacial score (nSPS) is 26.2. The van der Waals surface area contributed by atoms with E-state index in [0.717, 1.165) is 51.9 Å². The van der Waals surface area contributed by atoms with E-state index in [2.05, 4.69) is 4.90 Å². The minimum atomic E-state index is -5.08. The minimum Gasteiger partial charge on any atom is -0.475 e. The van der Waals surface area contributed by atoms with E-state index in [-0.39, 0.29) is 17.6 Å². The van der Waals surface area contributed by atoms with E-state index in [1.165, 1.54) is 0 Å². The first-order valence-corrected chi connectivity index (χ1v) is 12.2. The largest absolute Gasteiger partial charge is 0.490 e. The van der Waals surface area contributed by atoms with Crippen molar-refractivity contribution in [3.63, 3.8) is 0 Å². The van der Waals surface area contributed by atoms with Crippen LogP contribution in [0.3, 0.4) is 0 Å². The van der Waals surface area contributed by atoms with Crippen molar-refractivity contribution in [2.75, 3.05) is 39.3 Å². The third-order valence-corrected chi connectivity index (χ3v) is 8.31. The summed E-state index contributed by atoms with van der Waals surface area (Å²) in [5.74, 6) is -2.76. The van der Waals surface area contributed by atoms with Gasteiger partial charge in [-0.2, -0.15) is 17.5 Å². The molecular weight excluding hydrogens is 465 g/mol. The number of ether oxygens (including phenoxy) is 1. The predicted octanol–water partition coefficient (Wildman–Crippen LogP) is 1.95. The van der Waals surface area contributed by atoms with Crippen molar-refractivity contribution < 1.29 is 41.3 Å². The van der Waals surface area contributed by atoms with Crippen LogP contribution in [0.2, 0.25) is 0 Å². The number of hydrogen-bond donors (Lipinski definition) is 2. The van der Waals surface area contributed by atoms with Crippen molar-refractivity contribution in [3.05, 3.63) is 30.3 Å². The van der Waals surface area contributed by atoms with Crippen molar-refractivity contribution in [2.45, 2.75) is 49.0 Å². The third-order valence-electron chi connectivity index (χ3n) is 6.40. The number of piperidine rings is 1. The number of alkyl halides is 3. The molecule has 3 saturated heterocycles. The zero-order chi connectivity index (χ0) is 24.3. The molecular formula is C21H29F3N2O6S. The van der Waals surface area contributed by atoms with Gasteiger partial charge in [0.25, 0.3) is 0 Å². The molecule has 0 aliphatic carbocycles. The standard InChI is InChI=1S/C19H28N2O4S.C2HF3O2/c22-16-6-9-20(13-16)14-17-12-19(15-25-17)7-10-21(11-8-19)26(23,24)18-4-2-1-3-5-18;3-2(4,5)1(6)7/h1-5,16-17,22H,6-15H2;(H,6,7). The Kier molecular flexibility index (Phi) is 8.05. The maximum atomic E-state index is 12.8. The number of carboxylic acid groups (broad SMARTS) is 1. The Morgan fingerprint density at radius 2 is 1.76 bits per heavy atom. The number of nitrogens with zero attached hydrogens (tertiary/aromatic N) is 2. The Morgan fingerprint density at radius 3 is 2.27 bits per heavy atom. The van der Waals surface area contributed by atoms with Gasteiger partial charge in [0.1, 0.15) is 0 Å². The molecule has 33 heavy (non-hydrogen) atoms. The zero-order valence-corrected chi connectivity index (χ0v) is 18.9. The summed E-state index contributed by atoms with van der Waals surface area (Å²) in [6.45, 7) is 4.43. The molecule has 12 heteroatoms. The van der Waals surface area contributed by atoms with Gasteiger partial charge in [-0.3, -0.25) is 4.90 Å². The van der Waals surface area contributed by atoms with Crippen LogP contribution in [0.25, 0.3) is 0 Å². The van der Waals surface area contributed by atoms with Crippen LogP contribution in [0.1, 0.15) is 25.7 Å². The average Bonchev–Trinajstić information content (AvgIpc) is 3.35. The lowest BCUT2D eigenvalue weighted by Crippen LogP contribution is -2.43. The molecule has 8 nitrogen and oxygen atoms in total. The summed E-state index contributed by atoms with van der Waals surface area (Å²) >= 11 is 0. The van der Waals surface area contributed by atoms with Gasteiger partial charge in [-0.15, -0.1) is 0 Å². The fourth-order valence-electron chi connectivity index (χ4n) is 4.57. The lowest BCUT2D eigenvalue weighted by molar-refractivity contribution is -0.192. The zero-order valence-electron chi connectivity index (χ0n) is 18.1. The number of carbonyl (C=O) groups is 1. The highest BCUT2D eigenvalue weighted by atomic mass is 32.2. The van der Waals surface area contributed by atoms with Crippen LogP contribution in [-0.4, -0.2) is 91.5 Å². The molecule has 1 aromatic carbocycles. The molecule has 1 spiro atoms. The molecule has 0 aromatic heterocycles. The Bertz CT molecular complexity index is 904. The number of rotatable bonds is 4. The Labute approximate surface area is 191 Å². The van der Waals surface area contributed by atoms with Crippen molar-refractivity contribution in [1.29, 1.82) is 0 Å². The number of hydrogen-bond acceptors (Lipinski definition) is 6. The van der Waals surface area contributed by atoms with Crippen molar-refractivity contribution in [2.24, 2.45) is 5.41 Å². The second-order valence-electron chi connectivity index (χ2n) is 8.86. The van der Waals surface area contributed by atoms with E-state index in [4.69, 9.17) is 14.6 Å². The van der Waals surface area contributed by atoms with Crippen LogP contribution in [0, 0.1) is 5.41 Å². The Balaban J connectivity index is 0.000000383. The van der Waals surface area contributed by atoms with E-state index in [0.29, 0.717) is 18.0 Å². The summed E-state index contributed by atoms with van der Waals surface area (Å²) in [5, 5.41) is 16.8. The molecule has 0 amide bonds. The number of aliphatic carboxylic acids is 1. The van der Waals surface area contributed by atoms with Crippen molar-refractivity contribution in [1.82, 2.24) is 9.21 Å². The topological polar surface area (TPSA) is 107 Å². The van der Waals surface area contributed by atoms with Gasteiger partial charge in [-0.05, 0) is 43.2 Å². The van der Waals surface area contributed by atoms with Gasteiger partial charge in [-0.1, -0.05) is 18.2 Å². The second-order valence-corrected chi connectivity index (χ2v) is 10.8. The summed E-state index contributed by atoms with van der Waals surface area (Å²) < 4.78 is 65.0. The maximum absolute atomic E-state index is 12.8. The van der Waals surface area contributed by atoms with Crippen LogP contribution in [0.15, 0.2) is 35.2 Å². The fourth-order valence-corrected chi connectivity index (χ4v) is 6.03. The highest BCUT2D eigenvalue weighted by Gasteiger charge is 2.45. The molecule has 2 N–H and O–H groups in total. The van der Waals surface area contributed by atoms with E-state index in [1.807, 2.05) is 6.07 Å². The first-order chi connectivity index (χ1) is 15.4. The van der Waals surface area contributed by atoms with Crippen LogP contribution in [0.4, 0.5) is 13.2 Å². The van der Waals surface area contributed by atoms with E-state index < -0.39 is 22.2 Å². The summed E-state index contributed by atoms with van der Waals surface area (Å²) in [5.41, 5.74) is 0.117. The fraction of sp³-hybridized carbons (Fsp3) is 0.667. The summed E-state index contributed by atoms with van der Waals surface area (Å²) in [7, 11) is -3.39. The third kappa shape index (κ3) is 6.66. The number of likely N-dealkylation sites (tertiary alicyclic amines) is 1. The van der Waals surface area contributed by atoms with E-state index in [9.17, 15) is 26.7 Å². The van der Waals surface area contributed by atoms with E-state index in [1.54, 1.807) is 28.6 Å². The quantitative estimate of drug-likeness (QED) is 0.659. The average molecular weight is 495 g/mol. The molecule has 4 rings (SSSR count). The first kappa shape index (κ1) is 25.9. The lowest BCUT2D eigenvalue weighted by Gasteiger charge is -2.37. The molecule has 0 saturated carbocycles. The summed E-state index contributed by atoms with van der Waals surface area (Å²) in [6, 6.07) is 8.70. The first-order valence-electron chi connectivity index (χ1n) is 10.8. The number of aliphatic hydroxyl groups is 1. The number of sulfonamides is 1. The monoisotopic (exact) mass is 494 g/mol. The number of benzene rings is 1. The number of carboxylic acids is 1. The molecule has 2 unspecified atom stereocenters. The van der Waals surface area contributed by atoms with Crippen LogP contribution in [0.5, 0.6) is 0 Å². The Hall–Kier alpha value is -1.73. The molecule has 1 aromatic rings. The molecule has 0 radical (unpaired) electrons. The smallest absolute Gasteiger partial charge is 0.475 e. The highest BCUT2D eigenvalue weighted by Crippen LogP contribution is 2.43. The SMILES string of the molecule is O=C(O)C(F)(F)F.O=S(=O)(c1ccccc1)N1CCC2(CC1)COC(CN1CCC(O)C1)C2. The van der Waals surface area contributed by atoms with Crippen LogP contribution >= 0.6 is 0 Å². The van der Waals surface area contributed by atoms with Crippen molar-refractivity contribution in [3.8, 4) is 0 Å². The van der Waals surface area contributed by atoms with Gasteiger partial charge in [0.05, 0.1) is 23.7 Å². The molecule has 3 fully saturated rings. The van der Waals surface area contributed by atoms with Crippen LogP contribution < -0.4 is 0 Å². The molecule has 3 aliphatic rings. The molecule has 3 aliphatic heterocycles. The number of aliphatic hydroxyl groups excluding tert-OH is 1. The Morgan fingerprint density at radius 1 is 1.15 bits per heavy atom. The lowest BCUT2D eigenvalue weighted by atomic mass is 9.77. The summed E-state index contributed by atoms with van der Waals surface area (Å²) in [6.07, 6.45) is -1.51. The molecule has 2 atom stereocenters. The summed E-state index contributed by atoms with van der Waals surface area (Å²) in [4.78, 5) is 11.6. The minimum absolute atomic E-state index is 0.117. The van der Waals surface area contributed by atoms with Gasteiger partial charge >= 0.3 is 12.1 Å². The highest BCUT2D eigenvalue weighted by molar-refractivity contribution is 7.89. The van der Waals surface area contributed by atoms with Gasteiger partial charge in [0.15, 0.2) is 0 Å². The molecule has 0 bridgehead atoms. The molecule has 186 valence electrons. The number of β-amino-alcohol motifs (C(OH)–C–C–N with tert-alkyl or cyclic N) is 1. The second kappa shape index (κ2) is 10.3. The van der Waals surface area contributed by atoms with E-state index >= 15 is 0 Å². The number of halogens is 3. The van der Waals surface area contributed by atoms with Gasteiger partial charge in [0, 0.05) is 32.7 Å². The predicted molar refractivity (Wildman–Crippen MR) is 112 cm³/mol.